The molecule has 15 nitrogen and oxygen atoms in total. The summed E-state index contributed by atoms with van der Waals surface area (Å²) in [6, 6.07) is 33.3. The van der Waals surface area contributed by atoms with E-state index < -0.39 is 7.12 Å². The molecule has 11 rings (SSSR count). The SMILES string of the molecule is Clc1ccc2ncc(Br)n2n1.Clc1cccc(-c2cnc3ccc(Cl)nn23)c1.NC1CCC(O)CC1.OB(O)c1cccc(Cl)c1.OC1CCC(Nc2ccc3ncc(-c4cccc(Cl)c4)n3n2)CC1. The third-order valence-electron chi connectivity index (χ3n) is 11.2. The molecule has 0 aliphatic heterocycles. The Labute approximate surface area is 437 Å². The lowest BCUT2D eigenvalue weighted by molar-refractivity contribution is 0.123. The molecular formula is C48H48BBrCl5N11O4. The summed E-state index contributed by atoms with van der Waals surface area (Å²) >= 11 is 32.5. The van der Waals surface area contributed by atoms with Gasteiger partial charge in [-0.1, -0.05) is 94.4 Å². The lowest BCUT2D eigenvalue weighted by Crippen LogP contribution is -2.29. The van der Waals surface area contributed by atoms with Gasteiger partial charge in [0.1, 0.15) is 20.7 Å². The minimum atomic E-state index is -1.43. The second kappa shape index (κ2) is 25.5. The number of aliphatic hydroxyl groups is 2. The Kier molecular flexibility index (Phi) is 19.3. The van der Waals surface area contributed by atoms with Crippen LogP contribution in [0.4, 0.5) is 5.82 Å². The fourth-order valence-corrected chi connectivity index (χ4v) is 8.73. The molecule has 22 heteroatoms. The monoisotopic (exact) mass is 1110 g/mol. The van der Waals surface area contributed by atoms with Gasteiger partial charge >= 0.3 is 7.12 Å². The molecule has 2 fully saturated rings. The summed E-state index contributed by atoms with van der Waals surface area (Å²) in [7, 11) is -1.43. The van der Waals surface area contributed by atoms with Gasteiger partial charge in [0.25, 0.3) is 0 Å². The Morgan fingerprint density at radius 3 is 1.50 bits per heavy atom. The maximum Gasteiger partial charge on any atom is 0.488 e. The number of hydrogen-bond acceptors (Lipinski definition) is 12. The highest BCUT2D eigenvalue weighted by molar-refractivity contribution is 9.10. The largest absolute Gasteiger partial charge is 0.488 e. The third-order valence-corrected chi connectivity index (χ3v) is 12.8. The molecule has 0 spiro atoms. The molecule has 0 amide bonds. The molecule has 0 bridgehead atoms. The molecule has 7 N–H and O–H groups in total. The molecule has 0 radical (unpaired) electrons. The number of fused-ring (bicyclic) bond motifs is 3. The fourth-order valence-electron chi connectivity index (χ4n) is 7.51. The molecule has 364 valence electrons. The Balaban J connectivity index is 0.000000137. The van der Waals surface area contributed by atoms with Crippen LogP contribution in [0.25, 0.3) is 39.5 Å². The van der Waals surface area contributed by atoms with Crippen LogP contribution in [0.15, 0.2) is 132 Å². The number of imidazole rings is 3. The molecule has 70 heavy (non-hydrogen) atoms. The summed E-state index contributed by atoms with van der Waals surface area (Å²) in [6.45, 7) is 0. The first-order chi connectivity index (χ1) is 33.7. The molecule has 0 unspecified atom stereocenters. The van der Waals surface area contributed by atoms with Crippen LogP contribution in [0.1, 0.15) is 51.4 Å². The minimum absolute atomic E-state index is 0.0604. The van der Waals surface area contributed by atoms with Crippen LogP contribution < -0.4 is 16.5 Å². The van der Waals surface area contributed by atoms with Crippen molar-refractivity contribution in [3.63, 3.8) is 0 Å². The van der Waals surface area contributed by atoms with Crippen molar-refractivity contribution in [2.24, 2.45) is 5.73 Å². The number of anilines is 1. The average Bonchev–Trinajstić information content (AvgIpc) is 4.08. The van der Waals surface area contributed by atoms with Gasteiger partial charge < -0.3 is 31.3 Å². The van der Waals surface area contributed by atoms with Crippen LogP contribution in [0.2, 0.25) is 25.4 Å². The van der Waals surface area contributed by atoms with E-state index in [1.807, 2.05) is 77.4 Å². The van der Waals surface area contributed by atoms with E-state index in [1.54, 1.807) is 57.8 Å². The van der Waals surface area contributed by atoms with Crippen molar-refractivity contribution in [2.75, 3.05) is 5.32 Å². The lowest BCUT2D eigenvalue weighted by atomic mass is 9.81. The van der Waals surface area contributed by atoms with Gasteiger partial charge in [-0.2, -0.15) is 10.2 Å². The van der Waals surface area contributed by atoms with Gasteiger partial charge in [0, 0.05) is 38.3 Å². The van der Waals surface area contributed by atoms with E-state index in [0.29, 0.717) is 42.9 Å². The molecule has 2 saturated carbocycles. The molecule has 2 aliphatic rings. The Morgan fingerprint density at radius 2 is 1.00 bits per heavy atom. The van der Waals surface area contributed by atoms with Gasteiger partial charge in [-0.05, 0) is 146 Å². The first-order valence-corrected chi connectivity index (χ1v) is 24.9. The van der Waals surface area contributed by atoms with Gasteiger partial charge in [0.2, 0.25) is 0 Å². The molecule has 0 saturated heterocycles. The second-order valence-electron chi connectivity index (χ2n) is 16.4. The Hall–Kier alpha value is -4.89. The van der Waals surface area contributed by atoms with Crippen LogP contribution in [0.5, 0.6) is 0 Å². The number of halogens is 6. The van der Waals surface area contributed by atoms with Crippen LogP contribution in [0, 0.1) is 0 Å². The number of nitrogens with zero attached hydrogens (tertiary/aromatic N) is 9. The summed E-state index contributed by atoms with van der Waals surface area (Å²) in [4.78, 5) is 12.7. The van der Waals surface area contributed by atoms with E-state index in [-0.39, 0.29) is 12.2 Å². The molecule has 9 aromatic rings. The van der Waals surface area contributed by atoms with Crippen molar-refractivity contribution in [1.29, 1.82) is 0 Å². The molecular weight excluding hydrogens is 1060 g/mol. The zero-order valence-electron chi connectivity index (χ0n) is 37.3. The smallest absolute Gasteiger partial charge is 0.423 e. The standard InChI is InChI=1S/C18H19ClN4O.C12H7Cl2N3.C6H6BClO2.C6H3BrClN3.C6H13NO/c19-13-3-1-2-12(10-13)16-11-20-18-9-8-17(22-23(16)18)21-14-4-6-15(24)7-5-14;13-9-3-1-2-8(6-9)10-7-15-12-5-4-11(14)16-17(10)12;8-6-3-1-2-5(4-6)7(9)10;7-4-3-9-6-2-1-5(8)10-11(4)6;7-5-1-3-6(8)4-2-5/h1-3,8-11,14-15,24H,4-7H2,(H,21,22);1-7H;1-4,9-10H;1-3H;5-6,8H,1-4,7H2. The van der Waals surface area contributed by atoms with E-state index >= 15 is 0 Å². The van der Waals surface area contributed by atoms with E-state index in [9.17, 15) is 5.11 Å². The molecule has 3 aromatic carbocycles. The number of aromatic nitrogens is 9. The summed E-state index contributed by atoms with van der Waals surface area (Å²) in [5.41, 5.74) is 12.1. The lowest BCUT2D eigenvalue weighted by Gasteiger charge is -2.26. The van der Waals surface area contributed by atoms with E-state index in [2.05, 4.69) is 46.4 Å². The highest BCUT2D eigenvalue weighted by Crippen LogP contribution is 2.27. The second-order valence-corrected chi connectivity index (χ2v) is 19.3. The Morgan fingerprint density at radius 1 is 0.543 bits per heavy atom. The van der Waals surface area contributed by atoms with Crippen LogP contribution in [-0.4, -0.2) is 95.5 Å². The number of rotatable bonds is 5. The van der Waals surface area contributed by atoms with E-state index in [4.69, 9.17) is 84.0 Å². The number of benzene rings is 3. The van der Waals surface area contributed by atoms with E-state index in [1.165, 1.54) is 6.07 Å². The highest BCUT2D eigenvalue weighted by atomic mass is 79.9. The van der Waals surface area contributed by atoms with Crippen LogP contribution >= 0.6 is 73.9 Å². The van der Waals surface area contributed by atoms with Crippen molar-refractivity contribution in [3.05, 3.63) is 158 Å². The minimum Gasteiger partial charge on any atom is -0.423 e. The van der Waals surface area contributed by atoms with Crippen molar-refractivity contribution < 1.29 is 20.3 Å². The van der Waals surface area contributed by atoms with Gasteiger partial charge in [-0.25, -0.2) is 28.5 Å². The average molecular weight is 1110 g/mol. The zero-order valence-corrected chi connectivity index (χ0v) is 42.7. The molecule has 6 aromatic heterocycles. The first kappa shape index (κ1) is 52.9. The quantitative estimate of drug-likeness (QED) is 0.0890. The predicted octanol–water partition coefficient (Wildman–Crippen LogP) is 9.88. The van der Waals surface area contributed by atoms with Crippen LogP contribution in [0.3, 0.4) is 0 Å². The maximum atomic E-state index is 9.62. The zero-order chi connectivity index (χ0) is 49.7. The highest BCUT2D eigenvalue weighted by Gasteiger charge is 2.20. The third kappa shape index (κ3) is 15.1. The summed E-state index contributed by atoms with van der Waals surface area (Å²) in [5.74, 6) is 0.824. The van der Waals surface area contributed by atoms with Gasteiger partial charge in [-0.15, -0.1) is 5.10 Å². The van der Waals surface area contributed by atoms with Gasteiger partial charge in [0.05, 0.1) is 42.2 Å². The summed E-state index contributed by atoms with van der Waals surface area (Å²) < 4.78 is 5.97. The molecule has 0 atom stereocenters. The predicted molar refractivity (Wildman–Crippen MR) is 283 cm³/mol. The van der Waals surface area contributed by atoms with Gasteiger partial charge in [0.15, 0.2) is 16.9 Å². The fraction of sp³-hybridized carbons (Fsp3) is 0.250. The summed E-state index contributed by atoms with van der Waals surface area (Å²) in [5, 5.41) is 55.0. The van der Waals surface area contributed by atoms with Gasteiger partial charge in [-0.3, -0.25) is 0 Å². The molecule has 6 heterocycles. The normalized spacial score (nSPS) is 17.5. The first-order valence-electron chi connectivity index (χ1n) is 22.2. The van der Waals surface area contributed by atoms with Crippen molar-refractivity contribution in [1.82, 2.24) is 43.8 Å². The van der Waals surface area contributed by atoms with Crippen LogP contribution in [-0.2, 0) is 0 Å². The van der Waals surface area contributed by atoms with Crippen molar-refractivity contribution in [3.8, 4) is 22.5 Å². The van der Waals surface area contributed by atoms with Crippen molar-refractivity contribution >= 4 is 109 Å². The number of nitrogens with one attached hydrogen (secondary N) is 1. The molecule has 2 aliphatic carbocycles. The summed E-state index contributed by atoms with van der Waals surface area (Å²) in [6.07, 6.45) is 12.5. The number of hydrogen-bond donors (Lipinski definition) is 6. The number of nitrogens with two attached hydrogens (primary N) is 1. The van der Waals surface area contributed by atoms with Crippen molar-refractivity contribution in [2.45, 2.75) is 75.7 Å². The maximum absolute atomic E-state index is 9.62. The Bertz CT molecular complexity index is 3100. The van der Waals surface area contributed by atoms with E-state index in [0.717, 1.165) is 101 Å². The number of aliphatic hydroxyl groups excluding tert-OH is 2. The topological polar surface area (TPSA) is 210 Å².